The van der Waals surface area contributed by atoms with E-state index in [9.17, 15) is 9.59 Å². The summed E-state index contributed by atoms with van der Waals surface area (Å²) >= 11 is 14.9. The number of aromatic nitrogens is 2. The number of hydrogen-bond acceptors (Lipinski definition) is 3. The van der Waals surface area contributed by atoms with Gasteiger partial charge in [-0.15, -0.1) is 23.2 Å². The number of rotatable bonds is 4. The minimum Gasteiger partial charge on any atom is -0.310 e. The standard InChI is InChI=1S/C8H12ClN3O.C2H2Cl2O/c1-3-12-7(4-6(2)11-12)10-8(13)5-9;3-1-2(4)5/h4H,3,5H2,1-2H3,(H,10,13);1H2. The van der Waals surface area contributed by atoms with E-state index in [4.69, 9.17) is 34.8 Å². The molecule has 0 fully saturated rings. The van der Waals surface area contributed by atoms with Gasteiger partial charge in [0, 0.05) is 12.6 Å². The zero-order chi connectivity index (χ0) is 14.1. The number of hydrogen-bond donors (Lipinski definition) is 1. The van der Waals surface area contributed by atoms with E-state index < -0.39 is 5.24 Å². The van der Waals surface area contributed by atoms with Crippen LogP contribution in [0, 0.1) is 6.92 Å². The molecule has 0 saturated carbocycles. The first-order chi connectivity index (χ1) is 8.44. The highest BCUT2D eigenvalue weighted by Crippen LogP contribution is 2.09. The van der Waals surface area contributed by atoms with E-state index in [1.807, 2.05) is 19.9 Å². The van der Waals surface area contributed by atoms with Crippen LogP contribution in [0.2, 0.25) is 0 Å². The molecule has 1 heterocycles. The SMILES string of the molecule is CCn1nc(C)cc1NC(=O)CCl.O=C(Cl)CCl. The van der Waals surface area contributed by atoms with Crippen molar-refractivity contribution in [2.45, 2.75) is 20.4 Å². The number of halogens is 3. The van der Waals surface area contributed by atoms with Crippen molar-refractivity contribution in [3.8, 4) is 0 Å². The van der Waals surface area contributed by atoms with Gasteiger partial charge < -0.3 is 5.32 Å². The van der Waals surface area contributed by atoms with E-state index in [-0.39, 0.29) is 17.7 Å². The van der Waals surface area contributed by atoms with Crippen LogP contribution in [-0.2, 0) is 16.1 Å². The molecule has 0 aliphatic rings. The summed E-state index contributed by atoms with van der Waals surface area (Å²) in [7, 11) is 0. The Morgan fingerprint density at radius 1 is 1.39 bits per heavy atom. The van der Waals surface area contributed by atoms with E-state index in [2.05, 4.69) is 10.4 Å². The van der Waals surface area contributed by atoms with Crippen LogP contribution >= 0.6 is 34.8 Å². The molecule has 0 unspecified atom stereocenters. The molecule has 0 saturated heterocycles. The fourth-order valence-corrected chi connectivity index (χ4v) is 1.13. The van der Waals surface area contributed by atoms with Gasteiger partial charge in [0.15, 0.2) is 0 Å². The van der Waals surface area contributed by atoms with Gasteiger partial charge in [-0.2, -0.15) is 5.10 Å². The Morgan fingerprint density at radius 3 is 2.33 bits per heavy atom. The lowest BCUT2D eigenvalue weighted by molar-refractivity contribution is -0.114. The Bertz CT molecular complexity index is 407. The first-order valence-corrected chi connectivity index (χ1v) is 6.53. The topological polar surface area (TPSA) is 64.0 Å². The molecule has 1 N–H and O–H groups in total. The van der Waals surface area contributed by atoms with E-state index in [0.29, 0.717) is 5.82 Å². The number of aryl methyl sites for hydroxylation is 2. The summed E-state index contributed by atoms with van der Waals surface area (Å²) in [6.07, 6.45) is 0. The molecule has 0 atom stereocenters. The molecular formula is C10H14Cl3N3O2. The van der Waals surface area contributed by atoms with Crippen LogP contribution in [0.1, 0.15) is 12.6 Å². The summed E-state index contributed by atoms with van der Waals surface area (Å²) in [6, 6.07) is 1.81. The molecule has 1 amide bonds. The second-order valence-corrected chi connectivity index (χ2v) is 4.11. The van der Waals surface area contributed by atoms with Crippen LogP contribution in [-0.4, -0.2) is 32.7 Å². The number of anilines is 1. The van der Waals surface area contributed by atoms with Crippen LogP contribution in [0.4, 0.5) is 5.82 Å². The second kappa shape index (κ2) is 9.19. The number of nitrogens with one attached hydrogen (secondary N) is 1. The Hall–Kier alpha value is -0.780. The van der Waals surface area contributed by atoms with Gasteiger partial charge >= 0.3 is 0 Å². The van der Waals surface area contributed by atoms with Gasteiger partial charge in [0.2, 0.25) is 11.1 Å². The van der Waals surface area contributed by atoms with Gasteiger partial charge in [-0.25, -0.2) is 4.68 Å². The largest absolute Gasteiger partial charge is 0.310 e. The Labute approximate surface area is 120 Å². The van der Waals surface area contributed by atoms with Gasteiger partial charge in [-0.3, -0.25) is 9.59 Å². The van der Waals surface area contributed by atoms with Crippen molar-refractivity contribution < 1.29 is 9.59 Å². The highest BCUT2D eigenvalue weighted by Gasteiger charge is 2.06. The monoisotopic (exact) mass is 313 g/mol. The van der Waals surface area contributed by atoms with E-state index >= 15 is 0 Å². The van der Waals surface area contributed by atoms with Crippen molar-refractivity contribution in [1.82, 2.24) is 9.78 Å². The lowest BCUT2D eigenvalue weighted by atomic mass is 10.4. The number of alkyl halides is 2. The molecule has 5 nitrogen and oxygen atoms in total. The fourth-order valence-electron chi connectivity index (χ4n) is 1.06. The van der Waals surface area contributed by atoms with Gasteiger partial charge in [0.05, 0.1) is 11.6 Å². The van der Waals surface area contributed by atoms with Crippen molar-refractivity contribution >= 4 is 51.8 Å². The fraction of sp³-hybridized carbons (Fsp3) is 0.500. The summed E-state index contributed by atoms with van der Waals surface area (Å²) in [5.41, 5.74) is 0.881. The summed E-state index contributed by atoms with van der Waals surface area (Å²) in [5.74, 6) is 0.358. The zero-order valence-electron chi connectivity index (χ0n) is 10.0. The number of carbonyl (C=O) groups is 2. The van der Waals surface area contributed by atoms with Gasteiger partial charge in [-0.05, 0) is 25.4 Å². The summed E-state index contributed by atoms with van der Waals surface area (Å²) < 4.78 is 1.72. The predicted molar refractivity (Wildman–Crippen MR) is 73.6 cm³/mol. The van der Waals surface area contributed by atoms with Crippen molar-refractivity contribution in [3.05, 3.63) is 11.8 Å². The summed E-state index contributed by atoms with van der Waals surface area (Å²) in [4.78, 5) is 20.4. The molecule has 18 heavy (non-hydrogen) atoms. The molecule has 0 radical (unpaired) electrons. The molecular weight excluding hydrogens is 300 g/mol. The Balaban J connectivity index is 0.000000494. The molecule has 1 aromatic rings. The maximum Gasteiger partial charge on any atom is 0.240 e. The molecule has 1 rings (SSSR count). The first kappa shape index (κ1) is 17.2. The average molecular weight is 315 g/mol. The molecule has 0 aromatic carbocycles. The highest BCUT2D eigenvalue weighted by atomic mass is 35.5. The van der Waals surface area contributed by atoms with Crippen LogP contribution < -0.4 is 5.32 Å². The lowest BCUT2D eigenvalue weighted by Crippen LogP contribution is -2.15. The average Bonchev–Trinajstić information content (AvgIpc) is 2.69. The first-order valence-electron chi connectivity index (χ1n) is 5.09. The maximum absolute atomic E-state index is 11.0. The number of amides is 1. The molecule has 8 heteroatoms. The molecule has 0 aliphatic carbocycles. The van der Waals surface area contributed by atoms with Crippen LogP contribution in [0.25, 0.3) is 0 Å². The Morgan fingerprint density at radius 2 is 1.94 bits per heavy atom. The van der Waals surface area contributed by atoms with Crippen LogP contribution in [0.5, 0.6) is 0 Å². The van der Waals surface area contributed by atoms with Gasteiger partial charge in [-0.1, -0.05) is 0 Å². The second-order valence-electron chi connectivity index (χ2n) is 3.16. The van der Waals surface area contributed by atoms with Crippen LogP contribution in [0.3, 0.4) is 0 Å². The smallest absolute Gasteiger partial charge is 0.240 e. The number of nitrogens with zero attached hydrogens (tertiary/aromatic N) is 2. The summed E-state index contributed by atoms with van der Waals surface area (Å²) in [6.45, 7) is 4.57. The number of carbonyl (C=O) groups excluding carboxylic acids is 2. The van der Waals surface area contributed by atoms with Crippen LogP contribution in [0.15, 0.2) is 6.07 Å². The third kappa shape index (κ3) is 6.83. The Kier molecular flexibility index (Phi) is 8.79. The van der Waals surface area contributed by atoms with Crippen molar-refractivity contribution in [1.29, 1.82) is 0 Å². The third-order valence-corrected chi connectivity index (χ3v) is 2.45. The molecule has 0 spiro atoms. The minimum absolute atomic E-state index is 0.0338. The minimum atomic E-state index is -0.508. The quantitative estimate of drug-likeness (QED) is 0.685. The van der Waals surface area contributed by atoms with Crippen molar-refractivity contribution in [2.75, 3.05) is 17.1 Å². The maximum atomic E-state index is 11.0. The van der Waals surface area contributed by atoms with E-state index in [1.54, 1.807) is 4.68 Å². The molecule has 1 aromatic heterocycles. The van der Waals surface area contributed by atoms with E-state index in [1.165, 1.54) is 0 Å². The van der Waals surface area contributed by atoms with Crippen molar-refractivity contribution in [2.24, 2.45) is 0 Å². The predicted octanol–water partition coefficient (Wildman–Crippen LogP) is 2.38. The van der Waals surface area contributed by atoms with Gasteiger partial charge in [0.1, 0.15) is 11.7 Å². The lowest BCUT2D eigenvalue weighted by Gasteiger charge is -2.04. The van der Waals surface area contributed by atoms with E-state index in [0.717, 1.165) is 12.2 Å². The zero-order valence-corrected chi connectivity index (χ0v) is 12.3. The summed E-state index contributed by atoms with van der Waals surface area (Å²) in [5, 5.41) is 6.33. The highest BCUT2D eigenvalue weighted by molar-refractivity contribution is 6.67. The molecule has 0 bridgehead atoms. The third-order valence-electron chi connectivity index (χ3n) is 1.70. The van der Waals surface area contributed by atoms with Gasteiger partial charge in [0.25, 0.3) is 0 Å². The normalized spacial score (nSPS) is 9.39. The molecule has 0 aliphatic heterocycles. The molecule has 102 valence electrons. The van der Waals surface area contributed by atoms with Crippen molar-refractivity contribution in [3.63, 3.8) is 0 Å².